The van der Waals surface area contributed by atoms with E-state index in [1.807, 2.05) is 23.1 Å². The average molecular weight is 421 g/mol. The van der Waals surface area contributed by atoms with Gasteiger partial charge in [0.2, 0.25) is 5.91 Å². The highest BCUT2D eigenvalue weighted by molar-refractivity contribution is 7.18. The summed E-state index contributed by atoms with van der Waals surface area (Å²) in [7, 11) is 0. The lowest BCUT2D eigenvalue weighted by Crippen LogP contribution is -2.30. The molecule has 1 unspecified atom stereocenters. The Hall–Kier alpha value is -3.06. The standard InChI is InChI=1S/C23H20FN3O2S/c24-16-7-2-1-6-15(16)19-14-25-21(29-19)11-12-22(28)27-13-5-9-18(27)23-26-17-8-3-4-10-20(17)30-23/h1-4,6-8,10,14,18H,5,9,11-13H2. The van der Waals surface area contributed by atoms with Crippen LogP contribution in [-0.4, -0.2) is 27.3 Å². The molecule has 1 aliphatic heterocycles. The summed E-state index contributed by atoms with van der Waals surface area (Å²) in [6, 6.07) is 14.5. The van der Waals surface area contributed by atoms with Gasteiger partial charge in [-0.2, -0.15) is 0 Å². The molecule has 7 heteroatoms. The molecule has 0 saturated carbocycles. The van der Waals surface area contributed by atoms with Crippen LogP contribution in [0.4, 0.5) is 4.39 Å². The van der Waals surface area contributed by atoms with Crippen molar-refractivity contribution in [2.75, 3.05) is 6.54 Å². The van der Waals surface area contributed by atoms with Gasteiger partial charge >= 0.3 is 0 Å². The van der Waals surface area contributed by atoms with E-state index in [4.69, 9.17) is 9.40 Å². The van der Waals surface area contributed by atoms with Gasteiger partial charge in [0.25, 0.3) is 0 Å². The maximum absolute atomic E-state index is 13.9. The van der Waals surface area contributed by atoms with Crippen LogP contribution in [0.5, 0.6) is 0 Å². The molecule has 1 atom stereocenters. The smallest absolute Gasteiger partial charge is 0.223 e. The first-order chi connectivity index (χ1) is 14.7. The zero-order valence-electron chi connectivity index (χ0n) is 16.3. The Morgan fingerprint density at radius 1 is 1.20 bits per heavy atom. The summed E-state index contributed by atoms with van der Waals surface area (Å²) in [5.41, 5.74) is 1.36. The van der Waals surface area contributed by atoms with Crippen molar-refractivity contribution in [1.29, 1.82) is 0 Å². The Kier molecular flexibility index (Phi) is 5.04. The average Bonchev–Trinajstić information content (AvgIpc) is 3.51. The van der Waals surface area contributed by atoms with Crippen molar-refractivity contribution in [3.63, 3.8) is 0 Å². The van der Waals surface area contributed by atoms with Gasteiger partial charge in [0.05, 0.1) is 28.0 Å². The number of carbonyl (C=O) groups is 1. The molecule has 0 N–H and O–H groups in total. The van der Waals surface area contributed by atoms with Crippen molar-refractivity contribution in [1.82, 2.24) is 14.9 Å². The Morgan fingerprint density at radius 2 is 2.03 bits per heavy atom. The van der Waals surface area contributed by atoms with Crippen LogP contribution in [0.25, 0.3) is 21.5 Å². The molecule has 5 nitrogen and oxygen atoms in total. The van der Waals surface area contributed by atoms with Crippen molar-refractivity contribution < 1.29 is 13.6 Å². The van der Waals surface area contributed by atoms with E-state index in [9.17, 15) is 9.18 Å². The second-order valence-corrected chi connectivity index (χ2v) is 8.43. The van der Waals surface area contributed by atoms with Crippen LogP contribution in [0.1, 0.15) is 36.2 Å². The summed E-state index contributed by atoms with van der Waals surface area (Å²) >= 11 is 1.66. The molecule has 3 heterocycles. The van der Waals surface area contributed by atoms with Crippen molar-refractivity contribution >= 4 is 27.5 Å². The fourth-order valence-electron chi connectivity index (χ4n) is 3.92. The number of aryl methyl sites for hydroxylation is 1. The van der Waals surface area contributed by atoms with E-state index in [1.165, 1.54) is 12.3 Å². The number of halogens is 1. The lowest BCUT2D eigenvalue weighted by atomic mass is 10.2. The van der Waals surface area contributed by atoms with Crippen LogP contribution in [0.15, 0.2) is 59.1 Å². The van der Waals surface area contributed by atoms with E-state index >= 15 is 0 Å². The maximum Gasteiger partial charge on any atom is 0.223 e. The fraction of sp³-hybridized carbons (Fsp3) is 0.261. The number of oxazole rings is 1. The van der Waals surface area contributed by atoms with E-state index in [-0.39, 0.29) is 17.8 Å². The Morgan fingerprint density at radius 3 is 2.90 bits per heavy atom. The molecular weight excluding hydrogens is 401 g/mol. The van der Waals surface area contributed by atoms with Gasteiger partial charge in [-0.15, -0.1) is 11.3 Å². The molecule has 0 spiro atoms. The summed E-state index contributed by atoms with van der Waals surface area (Å²) in [4.78, 5) is 23.8. The number of likely N-dealkylation sites (tertiary alicyclic amines) is 1. The molecule has 1 fully saturated rings. The number of benzene rings is 2. The molecule has 2 aromatic carbocycles. The Balaban J connectivity index is 1.27. The molecule has 0 aliphatic carbocycles. The van der Waals surface area contributed by atoms with Crippen LogP contribution < -0.4 is 0 Å². The monoisotopic (exact) mass is 421 g/mol. The molecule has 1 amide bonds. The molecule has 0 bridgehead atoms. The number of nitrogens with zero attached hydrogens (tertiary/aromatic N) is 3. The molecule has 4 aromatic rings. The van der Waals surface area contributed by atoms with Crippen LogP contribution >= 0.6 is 11.3 Å². The second-order valence-electron chi connectivity index (χ2n) is 7.36. The second kappa shape index (κ2) is 7.99. The molecule has 1 saturated heterocycles. The zero-order valence-corrected chi connectivity index (χ0v) is 17.1. The predicted molar refractivity (Wildman–Crippen MR) is 114 cm³/mol. The molecular formula is C23H20FN3O2S. The van der Waals surface area contributed by atoms with Crippen molar-refractivity contribution in [2.24, 2.45) is 0 Å². The molecule has 30 heavy (non-hydrogen) atoms. The first kappa shape index (κ1) is 18.9. The number of thiazole rings is 1. The van der Waals surface area contributed by atoms with E-state index in [1.54, 1.807) is 29.5 Å². The third-order valence-electron chi connectivity index (χ3n) is 5.41. The van der Waals surface area contributed by atoms with Crippen molar-refractivity contribution in [2.45, 2.75) is 31.7 Å². The Labute approximate surface area is 177 Å². The van der Waals surface area contributed by atoms with Gasteiger partial charge in [0.1, 0.15) is 10.8 Å². The van der Waals surface area contributed by atoms with Crippen LogP contribution in [0.3, 0.4) is 0 Å². The number of rotatable bonds is 5. The minimum absolute atomic E-state index is 0.0356. The lowest BCUT2D eigenvalue weighted by molar-refractivity contribution is -0.132. The molecule has 5 rings (SSSR count). The van der Waals surface area contributed by atoms with Gasteiger partial charge in [-0.25, -0.2) is 14.4 Å². The minimum Gasteiger partial charge on any atom is -0.441 e. The highest BCUT2D eigenvalue weighted by Crippen LogP contribution is 2.36. The number of fused-ring (bicyclic) bond motifs is 1. The molecule has 2 aromatic heterocycles. The summed E-state index contributed by atoms with van der Waals surface area (Å²) in [6.45, 7) is 0.742. The number of para-hydroxylation sites is 1. The van der Waals surface area contributed by atoms with Crippen molar-refractivity contribution in [3.05, 3.63) is 71.4 Å². The number of aromatic nitrogens is 2. The lowest BCUT2D eigenvalue weighted by Gasteiger charge is -2.22. The van der Waals surface area contributed by atoms with Crippen LogP contribution in [-0.2, 0) is 11.2 Å². The van der Waals surface area contributed by atoms with Gasteiger partial charge in [-0.1, -0.05) is 24.3 Å². The normalized spacial score (nSPS) is 16.4. The third kappa shape index (κ3) is 3.61. The maximum atomic E-state index is 13.9. The topological polar surface area (TPSA) is 59.2 Å². The van der Waals surface area contributed by atoms with E-state index < -0.39 is 0 Å². The van der Waals surface area contributed by atoms with Crippen molar-refractivity contribution in [3.8, 4) is 11.3 Å². The summed E-state index contributed by atoms with van der Waals surface area (Å²) in [5.74, 6) is 0.538. The summed E-state index contributed by atoms with van der Waals surface area (Å²) < 4.78 is 20.8. The van der Waals surface area contributed by atoms with Crippen LogP contribution in [0, 0.1) is 5.82 Å². The number of hydrogen-bond donors (Lipinski definition) is 0. The highest BCUT2D eigenvalue weighted by Gasteiger charge is 2.32. The molecule has 152 valence electrons. The number of carbonyl (C=O) groups excluding carboxylic acids is 1. The van der Waals surface area contributed by atoms with Gasteiger partial charge in [0, 0.05) is 19.4 Å². The fourth-order valence-corrected chi connectivity index (χ4v) is 5.04. The quantitative estimate of drug-likeness (QED) is 0.434. The molecule has 1 aliphatic rings. The Bertz CT molecular complexity index is 1170. The SMILES string of the molecule is O=C(CCc1ncc(-c2ccccc2F)o1)N1CCCC1c1nc2ccccc2s1. The summed E-state index contributed by atoms with van der Waals surface area (Å²) in [5, 5.41) is 1.00. The van der Waals surface area contributed by atoms with Crippen LogP contribution in [0.2, 0.25) is 0 Å². The number of amides is 1. The zero-order chi connectivity index (χ0) is 20.5. The first-order valence-corrected chi connectivity index (χ1v) is 10.9. The first-order valence-electron chi connectivity index (χ1n) is 10.0. The van der Waals surface area contributed by atoms with Gasteiger partial charge in [-0.3, -0.25) is 4.79 Å². The van der Waals surface area contributed by atoms with Gasteiger partial charge in [-0.05, 0) is 37.1 Å². The van der Waals surface area contributed by atoms with E-state index in [0.717, 1.165) is 34.6 Å². The third-order valence-corrected chi connectivity index (χ3v) is 6.55. The number of hydrogen-bond acceptors (Lipinski definition) is 5. The predicted octanol–water partition coefficient (Wildman–Crippen LogP) is 5.39. The largest absolute Gasteiger partial charge is 0.441 e. The van der Waals surface area contributed by atoms with E-state index in [0.29, 0.717) is 30.1 Å². The highest BCUT2D eigenvalue weighted by atomic mass is 32.1. The van der Waals surface area contributed by atoms with E-state index in [2.05, 4.69) is 11.1 Å². The van der Waals surface area contributed by atoms with Gasteiger partial charge in [0.15, 0.2) is 11.7 Å². The minimum atomic E-state index is -0.355. The molecule has 0 radical (unpaired) electrons. The summed E-state index contributed by atoms with van der Waals surface area (Å²) in [6.07, 6.45) is 4.11. The van der Waals surface area contributed by atoms with Gasteiger partial charge < -0.3 is 9.32 Å².